The van der Waals surface area contributed by atoms with Crippen LogP contribution in [0, 0.1) is 5.82 Å². The minimum Gasteiger partial charge on any atom is -0.456 e. The Kier molecular flexibility index (Phi) is 3.56. The molecule has 2 rings (SSSR count). The van der Waals surface area contributed by atoms with Gasteiger partial charge in [0.1, 0.15) is 11.9 Å². The van der Waals surface area contributed by atoms with Crippen molar-refractivity contribution in [2.75, 3.05) is 6.54 Å². The van der Waals surface area contributed by atoms with Crippen LogP contribution in [-0.2, 0) is 16.1 Å². The second kappa shape index (κ2) is 4.97. The predicted octanol–water partition coefficient (Wildman–Crippen LogP) is 1.87. The van der Waals surface area contributed by atoms with Gasteiger partial charge in [-0.1, -0.05) is 18.2 Å². The summed E-state index contributed by atoms with van der Waals surface area (Å²) < 4.78 is 43.4. The van der Waals surface area contributed by atoms with E-state index in [0.717, 1.165) is 0 Å². The van der Waals surface area contributed by atoms with Gasteiger partial charge in [0.05, 0.1) is 6.42 Å². The maximum atomic E-state index is 13.2. The third kappa shape index (κ3) is 2.81. The Morgan fingerprint density at radius 1 is 1.39 bits per heavy atom. The number of hydrogen-bond acceptors (Lipinski definition) is 3. The van der Waals surface area contributed by atoms with Gasteiger partial charge < -0.3 is 10.1 Å². The van der Waals surface area contributed by atoms with Gasteiger partial charge in [-0.05, 0) is 6.07 Å². The topological polar surface area (TPSA) is 38.3 Å². The fraction of sp³-hybridized carbons (Fsp3) is 0.417. The highest BCUT2D eigenvalue weighted by molar-refractivity contribution is 5.79. The summed E-state index contributed by atoms with van der Waals surface area (Å²) in [5, 5.41) is 2.79. The molecule has 1 unspecified atom stereocenters. The molecule has 0 saturated carbocycles. The van der Waals surface area contributed by atoms with Gasteiger partial charge in [0, 0.05) is 18.7 Å². The van der Waals surface area contributed by atoms with Crippen LogP contribution in [0.2, 0.25) is 0 Å². The van der Waals surface area contributed by atoms with E-state index in [1.807, 2.05) is 0 Å². The van der Waals surface area contributed by atoms with Gasteiger partial charge in [-0.25, -0.2) is 9.18 Å². The molecule has 1 aliphatic rings. The van der Waals surface area contributed by atoms with Crippen molar-refractivity contribution in [1.29, 1.82) is 0 Å². The van der Waals surface area contributed by atoms with Crippen molar-refractivity contribution < 1.29 is 22.7 Å². The molecule has 0 bridgehead atoms. The van der Waals surface area contributed by atoms with E-state index in [1.165, 1.54) is 6.07 Å². The lowest BCUT2D eigenvalue weighted by Crippen LogP contribution is -2.27. The van der Waals surface area contributed by atoms with E-state index in [1.54, 1.807) is 18.2 Å². The highest BCUT2D eigenvalue weighted by atomic mass is 19.3. The number of esters is 1. The summed E-state index contributed by atoms with van der Waals surface area (Å²) in [6, 6.07) is 6.17. The number of carbonyl (C=O) groups excluding carboxylic acids is 1. The molecule has 1 aliphatic heterocycles. The van der Waals surface area contributed by atoms with Gasteiger partial charge >= 0.3 is 11.9 Å². The fourth-order valence-corrected chi connectivity index (χ4v) is 1.77. The molecule has 3 nitrogen and oxygen atoms in total. The van der Waals surface area contributed by atoms with Gasteiger partial charge in [0.25, 0.3) is 0 Å². The van der Waals surface area contributed by atoms with Crippen molar-refractivity contribution in [3.05, 3.63) is 35.6 Å². The second-order valence-electron chi connectivity index (χ2n) is 4.16. The number of hydrogen-bond donors (Lipinski definition) is 1. The maximum absolute atomic E-state index is 13.2. The Bertz CT molecular complexity index is 451. The third-order valence-electron chi connectivity index (χ3n) is 2.70. The molecule has 0 radical (unpaired) electrons. The maximum Gasteiger partial charge on any atom is 0.377 e. The Labute approximate surface area is 102 Å². The summed E-state index contributed by atoms with van der Waals surface area (Å²) in [5.74, 6) is -5.25. The van der Waals surface area contributed by atoms with E-state index < -0.39 is 24.4 Å². The number of cyclic esters (lactones) is 1. The quantitative estimate of drug-likeness (QED) is 0.839. The van der Waals surface area contributed by atoms with Gasteiger partial charge in [0.2, 0.25) is 0 Å². The molecule has 0 spiro atoms. The highest BCUT2D eigenvalue weighted by Gasteiger charge is 2.50. The zero-order valence-corrected chi connectivity index (χ0v) is 9.46. The van der Waals surface area contributed by atoms with Crippen LogP contribution in [-0.4, -0.2) is 24.5 Å². The first kappa shape index (κ1) is 12.9. The van der Waals surface area contributed by atoms with E-state index in [9.17, 15) is 18.0 Å². The summed E-state index contributed by atoms with van der Waals surface area (Å²) >= 11 is 0. The molecular weight excluding hydrogens is 247 g/mol. The summed E-state index contributed by atoms with van der Waals surface area (Å²) in [6.45, 7) is 0.280. The zero-order chi connectivity index (χ0) is 13.2. The molecule has 1 atom stereocenters. The van der Waals surface area contributed by atoms with Crippen LogP contribution >= 0.6 is 0 Å². The number of ether oxygens (including phenoxy) is 1. The Morgan fingerprint density at radius 3 is 2.72 bits per heavy atom. The highest BCUT2D eigenvalue weighted by Crippen LogP contribution is 2.30. The normalized spacial score (nSPS) is 21.9. The molecular formula is C12H12F3NO2. The van der Waals surface area contributed by atoms with Gasteiger partial charge in [-0.2, -0.15) is 8.78 Å². The molecule has 98 valence electrons. The number of rotatable bonds is 4. The lowest BCUT2D eigenvalue weighted by Gasteiger charge is -2.10. The van der Waals surface area contributed by atoms with E-state index in [-0.39, 0.29) is 18.9 Å². The van der Waals surface area contributed by atoms with Crippen LogP contribution in [0.1, 0.15) is 12.0 Å². The lowest BCUT2D eigenvalue weighted by atomic mass is 10.2. The van der Waals surface area contributed by atoms with Crippen LogP contribution in [0.5, 0.6) is 0 Å². The van der Waals surface area contributed by atoms with Crippen molar-refractivity contribution >= 4 is 5.97 Å². The molecule has 1 fully saturated rings. The summed E-state index contributed by atoms with van der Waals surface area (Å²) in [5.41, 5.74) is 0.439. The summed E-state index contributed by atoms with van der Waals surface area (Å²) in [6.07, 6.45) is -1.49. The van der Waals surface area contributed by atoms with Crippen molar-refractivity contribution in [1.82, 2.24) is 5.32 Å². The first-order valence-corrected chi connectivity index (χ1v) is 5.52. The molecule has 0 aliphatic carbocycles. The zero-order valence-electron chi connectivity index (χ0n) is 9.46. The number of alkyl halides is 2. The van der Waals surface area contributed by atoms with Crippen molar-refractivity contribution in [3.63, 3.8) is 0 Å². The second-order valence-corrected chi connectivity index (χ2v) is 4.16. The van der Waals surface area contributed by atoms with E-state index in [4.69, 9.17) is 0 Å². The molecule has 1 saturated heterocycles. The molecule has 6 heteroatoms. The molecule has 1 aromatic carbocycles. The molecule has 1 N–H and O–H groups in total. The number of nitrogens with one attached hydrogen (secondary N) is 1. The van der Waals surface area contributed by atoms with Crippen LogP contribution < -0.4 is 5.32 Å². The molecule has 1 aromatic rings. The summed E-state index contributed by atoms with van der Waals surface area (Å²) in [7, 11) is 0. The van der Waals surface area contributed by atoms with Crippen LogP contribution in [0.3, 0.4) is 0 Å². The number of benzene rings is 1. The Hall–Kier alpha value is -1.56. The predicted molar refractivity (Wildman–Crippen MR) is 57.6 cm³/mol. The van der Waals surface area contributed by atoms with Crippen molar-refractivity contribution in [2.24, 2.45) is 0 Å². The SMILES string of the molecule is O=C1OC(CNCc2ccccc2F)CC1(F)F. The minimum absolute atomic E-state index is 0.0790. The van der Waals surface area contributed by atoms with Crippen LogP contribution in [0.15, 0.2) is 24.3 Å². The van der Waals surface area contributed by atoms with E-state index >= 15 is 0 Å². The monoisotopic (exact) mass is 259 g/mol. The standard InChI is InChI=1S/C12H12F3NO2/c13-10-4-2-1-3-8(10)6-16-7-9-5-12(14,15)11(17)18-9/h1-4,9,16H,5-7H2. The first-order chi connectivity index (χ1) is 8.49. The van der Waals surface area contributed by atoms with E-state index in [0.29, 0.717) is 5.56 Å². The van der Waals surface area contributed by atoms with Crippen LogP contribution in [0.4, 0.5) is 13.2 Å². The number of carbonyl (C=O) groups is 1. The smallest absolute Gasteiger partial charge is 0.377 e. The minimum atomic E-state index is -3.40. The largest absolute Gasteiger partial charge is 0.456 e. The molecule has 18 heavy (non-hydrogen) atoms. The van der Waals surface area contributed by atoms with Crippen molar-refractivity contribution in [2.45, 2.75) is 25.0 Å². The summed E-state index contributed by atoms with van der Waals surface area (Å²) in [4.78, 5) is 10.7. The molecule has 0 aromatic heterocycles. The molecule has 1 heterocycles. The average molecular weight is 259 g/mol. The number of halogens is 3. The van der Waals surface area contributed by atoms with Crippen molar-refractivity contribution in [3.8, 4) is 0 Å². The Balaban J connectivity index is 1.81. The van der Waals surface area contributed by atoms with Gasteiger partial charge in [-0.3, -0.25) is 0 Å². The molecule has 0 amide bonds. The van der Waals surface area contributed by atoms with E-state index in [2.05, 4.69) is 10.1 Å². The van der Waals surface area contributed by atoms with Gasteiger partial charge in [-0.15, -0.1) is 0 Å². The average Bonchev–Trinajstić information content (AvgIpc) is 2.55. The van der Waals surface area contributed by atoms with Crippen LogP contribution in [0.25, 0.3) is 0 Å². The lowest BCUT2D eigenvalue weighted by molar-refractivity contribution is -0.159. The first-order valence-electron chi connectivity index (χ1n) is 5.52. The third-order valence-corrected chi connectivity index (χ3v) is 2.70. The Morgan fingerprint density at radius 2 is 2.11 bits per heavy atom. The fourth-order valence-electron chi connectivity index (χ4n) is 1.77. The van der Waals surface area contributed by atoms with Gasteiger partial charge in [0.15, 0.2) is 0 Å².